The topological polar surface area (TPSA) is 123 Å². The Morgan fingerprint density at radius 3 is 2.59 bits per heavy atom. The number of nitrogens with one attached hydrogen (secondary N) is 1. The Balaban J connectivity index is 1.94. The average molecular weight is 386 g/mol. The van der Waals surface area contributed by atoms with Crippen LogP contribution in [0.15, 0.2) is 36.5 Å². The Bertz CT molecular complexity index is 1060. The monoisotopic (exact) mass is 385 g/mol. The number of carbonyl (C=O) groups is 2. The van der Waals surface area contributed by atoms with Gasteiger partial charge in [0.05, 0.1) is 17.0 Å². The third kappa shape index (κ3) is 3.61. The lowest BCUT2D eigenvalue weighted by molar-refractivity contribution is 0.0697. The molecular weight excluding hydrogens is 370 g/mol. The number of amides is 1. The first-order chi connectivity index (χ1) is 12.8. The summed E-state index contributed by atoms with van der Waals surface area (Å²) in [5.41, 5.74) is 8.26. The van der Waals surface area contributed by atoms with Crippen molar-refractivity contribution in [1.82, 2.24) is 14.5 Å². The van der Waals surface area contributed by atoms with Crippen LogP contribution < -0.4 is 11.1 Å². The number of carboxylic acid groups (broad SMARTS) is 1. The molecule has 0 fully saturated rings. The number of nitrogens with two attached hydrogens (primary N) is 1. The zero-order valence-corrected chi connectivity index (χ0v) is 15.3. The van der Waals surface area contributed by atoms with E-state index in [9.17, 15) is 14.7 Å². The van der Waals surface area contributed by atoms with Crippen molar-refractivity contribution in [3.05, 3.63) is 58.4 Å². The van der Waals surface area contributed by atoms with Crippen LogP contribution in [0.5, 0.6) is 0 Å². The summed E-state index contributed by atoms with van der Waals surface area (Å²) in [4.78, 5) is 31.1. The quantitative estimate of drug-likeness (QED) is 0.620. The highest BCUT2D eigenvalue weighted by Crippen LogP contribution is 2.28. The standard InChI is InChI=1S/C18H16ClN5O3/c1-9-7-10(16(20)25)3-4-12(9)22-18-21-6-5-13(23-18)14-8-11(17(26)27)15(19)24(14)2/h3-8H,1-2H3,(H2,20,25)(H,26,27)(H,21,22,23). The van der Waals surface area contributed by atoms with Gasteiger partial charge in [-0.05, 0) is 42.8 Å². The van der Waals surface area contributed by atoms with Crippen molar-refractivity contribution < 1.29 is 14.7 Å². The smallest absolute Gasteiger partial charge is 0.338 e. The van der Waals surface area contributed by atoms with Crippen molar-refractivity contribution in [2.45, 2.75) is 6.92 Å². The molecule has 9 heteroatoms. The van der Waals surface area contributed by atoms with Crippen molar-refractivity contribution in [2.75, 3.05) is 5.32 Å². The van der Waals surface area contributed by atoms with E-state index in [1.165, 1.54) is 6.07 Å². The van der Waals surface area contributed by atoms with Gasteiger partial charge in [0, 0.05) is 24.5 Å². The van der Waals surface area contributed by atoms with Crippen LogP contribution in [0.4, 0.5) is 11.6 Å². The van der Waals surface area contributed by atoms with E-state index in [1.54, 1.807) is 42.1 Å². The first-order valence-corrected chi connectivity index (χ1v) is 8.25. The average Bonchev–Trinajstić information content (AvgIpc) is 2.92. The highest BCUT2D eigenvalue weighted by atomic mass is 35.5. The van der Waals surface area contributed by atoms with Crippen LogP contribution in [0.25, 0.3) is 11.4 Å². The molecule has 0 unspecified atom stereocenters. The number of hydrogen-bond acceptors (Lipinski definition) is 5. The van der Waals surface area contributed by atoms with E-state index >= 15 is 0 Å². The number of halogens is 1. The van der Waals surface area contributed by atoms with Crippen molar-refractivity contribution in [3.8, 4) is 11.4 Å². The lowest BCUT2D eigenvalue weighted by Gasteiger charge is -2.10. The van der Waals surface area contributed by atoms with Crippen molar-refractivity contribution in [2.24, 2.45) is 12.8 Å². The van der Waals surface area contributed by atoms with Gasteiger partial charge < -0.3 is 20.7 Å². The van der Waals surface area contributed by atoms with E-state index in [2.05, 4.69) is 15.3 Å². The van der Waals surface area contributed by atoms with Gasteiger partial charge in [-0.25, -0.2) is 14.8 Å². The normalized spacial score (nSPS) is 10.6. The van der Waals surface area contributed by atoms with Gasteiger partial charge in [-0.3, -0.25) is 4.79 Å². The number of aryl methyl sites for hydroxylation is 1. The molecule has 3 rings (SSSR count). The first kappa shape index (κ1) is 18.4. The number of primary amides is 1. The minimum atomic E-state index is -1.11. The summed E-state index contributed by atoms with van der Waals surface area (Å²) >= 11 is 6.07. The summed E-state index contributed by atoms with van der Waals surface area (Å²) in [6.45, 7) is 1.83. The van der Waals surface area contributed by atoms with Gasteiger partial charge >= 0.3 is 5.97 Å². The summed E-state index contributed by atoms with van der Waals surface area (Å²) in [7, 11) is 1.66. The molecular formula is C18H16ClN5O3. The zero-order valence-electron chi connectivity index (χ0n) is 14.5. The molecule has 0 bridgehead atoms. The summed E-state index contributed by atoms with van der Waals surface area (Å²) in [5.74, 6) is -1.30. The number of carboxylic acids is 1. The van der Waals surface area contributed by atoms with E-state index < -0.39 is 11.9 Å². The lowest BCUT2D eigenvalue weighted by atomic mass is 10.1. The molecule has 2 aromatic heterocycles. The van der Waals surface area contributed by atoms with Crippen molar-refractivity contribution in [1.29, 1.82) is 0 Å². The van der Waals surface area contributed by atoms with Crippen LogP contribution in [0.2, 0.25) is 5.15 Å². The molecule has 8 nitrogen and oxygen atoms in total. The van der Waals surface area contributed by atoms with Crippen LogP contribution >= 0.6 is 11.6 Å². The third-order valence-electron chi connectivity index (χ3n) is 4.06. The van der Waals surface area contributed by atoms with E-state index in [0.717, 1.165) is 5.56 Å². The fourth-order valence-corrected chi connectivity index (χ4v) is 2.84. The molecule has 1 amide bonds. The predicted molar refractivity (Wildman–Crippen MR) is 101 cm³/mol. The van der Waals surface area contributed by atoms with Gasteiger partial charge in [-0.2, -0.15) is 0 Å². The summed E-state index contributed by atoms with van der Waals surface area (Å²) in [6, 6.07) is 8.12. The maximum absolute atomic E-state index is 11.3. The SMILES string of the molecule is Cc1cc(C(N)=O)ccc1Nc1nccc(-c2cc(C(=O)O)c(Cl)n2C)n1. The number of aromatic nitrogens is 3. The molecule has 0 spiro atoms. The van der Waals surface area contributed by atoms with E-state index in [-0.39, 0.29) is 10.7 Å². The molecule has 0 aliphatic carbocycles. The van der Waals surface area contributed by atoms with Gasteiger partial charge in [-0.1, -0.05) is 11.6 Å². The fourth-order valence-electron chi connectivity index (χ4n) is 2.61. The second-order valence-corrected chi connectivity index (χ2v) is 6.24. The number of hydrogen-bond donors (Lipinski definition) is 3. The molecule has 0 aliphatic heterocycles. The van der Waals surface area contributed by atoms with Gasteiger partial charge in [0.2, 0.25) is 11.9 Å². The van der Waals surface area contributed by atoms with Crippen molar-refractivity contribution in [3.63, 3.8) is 0 Å². The number of nitrogens with zero attached hydrogens (tertiary/aromatic N) is 3. The molecule has 0 saturated heterocycles. The van der Waals surface area contributed by atoms with E-state index in [4.69, 9.17) is 17.3 Å². The Labute approximate surface area is 159 Å². The fraction of sp³-hybridized carbons (Fsp3) is 0.111. The van der Waals surface area contributed by atoms with Crippen molar-refractivity contribution >= 4 is 35.1 Å². The highest BCUT2D eigenvalue weighted by molar-refractivity contribution is 6.33. The lowest BCUT2D eigenvalue weighted by Crippen LogP contribution is -2.11. The maximum atomic E-state index is 11.3. The van der Waals surface area contributed by atoms with Gasteiger partial charge in [-0.15, -0.1) is 0 Å². The molecule has 4 N–H and O–H groups in total. The second-order valence-electron chi connectivity index (χ2n) is 5.88. The number of benzene rings is 1. The zero-order chi connectivity index (χ0) is 19.7. The Morgan fingerprint density at radius 1 is 1.26 bits per heavy atom. The van der Waals surface area contributed by atoms with Crippen LogP contribution in [0, 0.1) is 6.92 Å². The summed E-state index contributed by atoms with van der Waals surface area (Å²) < 4.78 is 1.55. The second kappa shape index (κ2) is 7.08. The summed E-state index contributed by atoms with van der Waals surface area (Å²) in [6.07, 6.45) is 1.55. The van der Waals surface area contributed by atoms with E-state index in [1.807, 2.05) is 6.92 Å². The molecule has 27 heavy (non-hydrogen) atoms. The molecule has 3 aromatic rings. The minimum Gasteiger partial charge on any atom is -0.478 e. The molecule has 0 atom stereocenters. The number of anilines is 2. The largest absolute Gasteiger partial charge is 0.478 e. The molecule has 1 aromatic carbocycles. The van der Waals surface area contributed by atoms with Gasteiger partial charge in [0.25, 0.3) is 0 Å². The molecule has 0 radical (unpaired) electrons. The Kier molecular flexibility index (Phi) is 4.83. The Hall–Kier alpha value is -3.39. The van der Waals surface area contributed by atoms with Crippen LogP contribution in [0.3, 0.4) is 0 Å². The molecule has 0 saturated carbocycles. The molecule has 0 aliphatic rings. The predicted octanol–water partition coefficient (Wildman–Crippen LogP) is 2.98. The van der Waals surface area contributed by atoms with E-state index in [0.29, 0.717) is 28.6 Å². The van der Waals surface area contributed by atoms with Crippen LogP contribution in [-0.4, -0.2) is 31.5 Å². The van der Waals surface area contributed by atoms with Crippen LogP contribution in [-0.2, 0) is 7.05 Å². The molecule has 138 valence electrons. The Morgan fingerprint density at radius 2 is 2.00 bits per heavy atom. The minimum absolute atomic E-state index is 0.000160. The summed E-state index contributed by atoms with van der Waals surface area (Å²) in [5, 5.41) is 12.4. The highest BCUT2D eigenvalue weighted by Gasteiger charge is 2.18. The van der Waals surface area contributed by atoms with Gasteiger partial charge in [0.15, 0.2) is 0 Å². The van der Waals surface area contributed by atoms with Crippen LogP contribution in [0.1, 0.15) is 26.3 Å². The number of rotatable bonds is 5. The van der Waals surface area contributed by atoms with Gasteiger partial charge in [0.1, 0.15) is 5.15 Å². The maximum Gasteiger partial charge on any atom is 0.338 e. The number of carbonyl (C=O) groups excluding carboxylic acids is 1. The third-order valence-corrected chi connectivity index (χ3v) is 4.52. The first-order valence-electron chi connectivity index (χ1n) is 7.87. The number of aromatic carboxylic acids is 1. The molecule has 2 heterocycles.